The summed E-state index contributed by atoms with van der Waals surface area (Å²) in [5, 5.41) is 0. The average molecular weight is 394 g/mol. The standard InChI is InChI=1S/C27H27N3/c1-18-15-22(21-9-11-28-12-10-21)16-19(2)25(18)30-14-13-29-26(30)23-7-5-6-8-24(23)27(4)17-20(27)3/h5-16,20H,17H2,1-4H3/t20-,27?/m0/s1. The van der Waals surface area contributed by atoms with Gasteiger partial charge in [0.2, 0.25) is 0 Å². The zero-order chi connectivity index (χ0) is 20.9. The zero-order valence-corrected chi connectivity index (χ0v) is 18.1. The number of pyridine rings is 1. The lowest BCUT2D eigenvalue weighted by molar-refractivity contribution is 0.702. The molecule has 3 nitrogen and oxygen atoms in total. The van der Waals surface area contributed by atoms with E-state index in [-0.39, 0.29) is 5.41 Å². The molecule has 2 heterocycles. The number of rotatable bonds is 4. The molecule has 1 fully saturated rings. The summed E-state index contributed by atoms with van der Waals surface area (Å²) in [5.41, 5.74) is 9.01. The van der Waals surface area contributed by atoms with E-state index in [9.17, 15) is 0 Å². The van der Waals surface area contributed by atoms with Crippen molar-refractivity contribution in [1.29, 1.82) is 0 Å². The van der Waals surface area contributed by atoms with Crippen molar-refractivity contribution in [3.63, 3.8) is 0 Å². The minimum atomic E-state index is 0.253. The zero-order valence-electron chi connectivity index (χ0n) is 18.1. The lowest BCUT2D eigenvalue weighted by Crippen LogP contribution is -2.08. The van der Waals surface area contributed by atoms with Gasteiger partial charge in [0.05, 0.1) is 5.69 Å². The van der Waals surface area contributed by atoms with Crippen LogP contribution in [0.1, 0.15) is 37.0 Å². The lowest BCUT2D eigenvalue weighted by Gasteiger charge is -2.19. The Morgan fingerprint density at radius 1 is 0.933 bits per heavy atom. The first-order valence-electron chi connectivity index (χ1n) is 10.6. The number of hydrogen-bond acceptors (Lipinski definition) is 2. The molecule has 1 saturated carbocycles. The van der Waals surface area contributed by atoms with Gasteiger partial charge in [0, 0.05) is 30.4 Å². The van der Waals surface area contributed by atoms with Gasteiger partial charge in [-0.2, -0.15) is 0 Å². The van der Waals surface area contributed by atoms with Gasteiger partial charge in [-0.3, -0.25) is 9.55 Å². The molecule has 0 saturated heterocycles. The second kappa shape index (κ2) is 6.94. The SMILES string of the molecule is Cc1cc(-c2ccncc2)cc(C)c1-n1ccnc1-c1ccccc1C1(C)C[C@@H]1C. The summed E-state index contributed by atoms with van der Waals surface area (Å²) < 4.78 is 2.26. The number of hydrogen-bond donors (Lipinski definition) is 0. The highest BCUT2D eigenvalue weighted by molar-refractivity contribution is 5.71. The molecule has 1 unspecified atom stereocenters. The van der Waals surface area contributed by atoms with Gasteiger partial charge in [0.1, 0.15) is 5.82 Å². The van der Waals surface area contributed by atoms with Crippen molar-refractivity contribution in [2.24, 2.45) is 5.92 Å². The van der Waals surface area contributed by atoms with Crippen LogP contribution in [0, 0.1) is 19.8 Å². The maximum atomic E-state index is 4.81. The van der Waals surface area contributed by atoms with Crippen LogP contribution in [0.25, 0.3) is 28.2 Å². The van der Waals surface area contributed by atoms with Crippen molar-refractivity contribution >= 4 is 0 Å². The fraction of sp³-hybridized carbons (Fsp3) is 0.259. The number of nitrogens with zero attached hydrogens (tertiary/aromatic N) is 3. The second-order valence-corrected chi connectivity index (χ2v) is 8.88. The van der Waals surface area contributed by atoms with E-state index in [1.165, 1.54) is 45.5 Å². The third kappa shape index (κ3) is 2.97. The molecule has 0 radical (unpaired) electrons. The molecule has 2 aromatic heterocycles. The fourth-order valence-electron chi connectivity index (χ4n) is 4.86. The molecule has 0 spiro atoms. The first-order valence-corrected chi connectivity index (χ1v) is 10.6. The highest BCUT2D eigenvalue weighted by Gasteiger charge is 2.49. The third-order valence-corrected chi connectivity index (χ3v) is 6.83. The molecule has 150 valence electrons. The maximum Gasteiger partial charge on any atom is 0.144 e. The van der Waals surface area contributed by atoms with Crippen LogP contribution in [-0.4, -0.2) is 14.5 Å². The summed E-state index contributed by atoms with van der Waals surface area (Å²) in [7, 11) is 0. The van der Waals surface area contributed by atoms with Crippen LogP contribution in [0.15, 0.2) is 73.3 Å². The van der Waals surface area contributed by atoms with E-state index < -0.39 is 0 Å². The third-order valence-electron chi connectivity index (χ3n) is 6.83. The largest absolute Gasteiger partial charge is 0.299 e. The minimum absolute atomic E-state index is 0.253. The van der Waals surface area contributed by atoms with Gasteiger partial charge in [0.25, 0.3) is 0 Å². The summed E-state index contributed by atoms with van der Waals surface area (Å²) in [6.45, 7) is 9.10. The Bertz CT molecular complexity index is 1200. The van der Waals surface area contributed by atoms with Crippen molar-refractivity contribution in [1.82, 2.24) is 14.5 Å². The summed E-state index contributed by atoms with van der Waals surface area (Å²) in [6, 6.07) is 17.4. The predicted octanol–water partition coefficient (Wildman–Crippen LogP) is 6.52. The number of benzene rings is 2. The van der Waals surface area contributed by atoms with Crippen LogP contribution in [0.4, 0.5) is 0 Å². The second-order valence-electron chi connectivity index (χ2n) is 8.88. The molecule has 3 heteroatoms. The molecular formula is C27H27N3. The van der Waals surface area contributed by atoms with Gasteiger partial charge in [0.15, 0.2) is 0 Å². The fourth-order valence-corrected chi connectivity index (χ4v) is 4.86. The Kier molecular flexibility index (Phi) is 4.35. The molecule has 1 aliphatic carbocycles. The number of aromatic nitrogens is 3. The van der Waals surface area contributed by atoms with Crippen molar-refractivity contribution in [2.75, 3.05) is 0 Å². The minimum Gasteiger partial charge on any atom is -0.299 e. The normalized spacial score (nSPS) is 20.3. The first kappa shape index (κ1) is 18.8. The molecule has 2 atom stereocenters. The monoisotopic (exact) mass is 393 g/mol. The van der Waals surface area contributed by atoms with E-state index in [1.54, 1.807) is 0 Å². The topological polar surface area (TPSA) is 30.7 Å². The van der Waals surface area contributed by atoms with E-state index in [0.717, 1.165) is 5.82 Å². The molecule has 4 aromatic rings. The molecule has 0 amide bonds. The molecule has 30 heavy (non-hydrogen) atoms. The van der Waals surface area contributed by atoms with Crippen molar-refractivity contribution in [3.8, 4) is 28.2 Å². The Morgan fingerprint density at radius 2 is 1.60 bits per heavy atom. The predicted molar refractivity (Wildman–Crippen MR) is 123 cm³/mol. The lowest BCUT2D eigenvalue weighted by atomic mass is 9.90. The highest BCUT2D eigenvalue weighted by Crippen LogP contribution is 2.55. The van der Waals surface area contributed by atoms with E-state index in [1.807, 2.05) is 18.6 Å². The summed E-state index contributed by atoms with van der Waals surface area (Å²) >= 11 is 0. The van der Waals surface area contributed by atoms with Gasteiger partial charge in [-0.15, -0.1) is 0 Å². The van der Waals surface area contributed by atoms with Crippen LogP contribution >= 0.6 is 0 Å². The van der Waals surface area contributed by atoms with Crippen LogP contribution in [0.5, 0.6) is 0 Å². The number of aryl methyl sites for hydroxylation is 2. The van der Waals surface area contributed by atoms with Gasteiger partial charge < -0.3 is 0 Å². The van der Waals surface area contributed by atoms with Crippen molar-refractivity contribution in [2.45, 2.75) is 39.5 Å². The maximum absolute atomic E-state index is 4.81. The Labute approximate surface area is 178 Å². The summed E-state index contributed by atoms with van der Waals surface area (Å²) in [6.07, 6.45) is 8.94. The highest BCUT2D eigenvalue weighted by atomic mass is 15.1. The van der Waals surface area contributed by atoms with E-state index in [4.69, 9.17) is 4.98 Å². The van der Waals surface area contributed by atoms with Crippen molar-refractivity contribution < 1.29 is 0 Å². The first-order chi connectivity index (χ1) is 14.5. The van der Waals surface area contributed by atoms with Gasteiger partial charge >= 0.3 is 0 Å². The Morgan fingerprint density at radius 3 is 2.27 bits per heavy atom. The summed E-state index contributed by atoms with van der Waals surface area (Å²) in [4.78, 5) is 8.95. The molecule has 1 aliphatic rings. The molecule has 0 N–H and O–H groups in total. The van der Waals surface area contributed by atoms with Gasteiger partial charge in [-0.05, 0) is 83.7 Å². The van der Waals surface area contributed by atoms with Crippen LogP contribution < -0.4 is 0 Å². The van der Waals surface area contributed by atoms with E-state index in [2.05, 4.69) is 92.0 Å². The van der Waals surface area contributed by atoms with Crippen LogP contribution in [0.2, 0.25) is 0 Å². The van der Waals surface area contributed by atoms with Crippen molar-refractivity contribution in [3.05, 3.63) is 90.0 Å². The molecule has 5 rings (SSSR count). The van der Waals surface area contributed by atoms with Gasteiger partial charge in [-0.1, -0.05) is 38.1 Å². The average Bonchev–Trinajstić information content (AvgIpc) is 3.13. The molecule has 0 aliphatic heterocycles. The Hall–Kier alpha value is -3.20. The Balaban J connectivity index is 1.64. The summed E-state index contributed by atoms with van der Waals surface area (Å²) in [5.74, 6) is 1.74. The van der Waals surface area contributed by atoms with E-state index >= 15 is 0 Å². The number of imidazole rings is 1. The van der Waals surface area contributed by atoms with Crippen LogP contribution in [0.3, 0.4) is 0 Å². The molecule has 2 aromatic carbocycles. The molecular weight excluding hydrogens is 366 g/mol. The quantitative estimate of drug-likeness (QED) is 0.395. The van der Waals surface area contributed by atoms with E-state index in [0.29, 0.717) is 5.92 Å². The van der Waals surface area contributed by atoms with Crippen LogP contribution in [-0.2, 0) is 5.41 Å². The molecule has 0 bridgehead atoms. The smallest absolute Gasteiger partial charge is 0.144 e. The van der Waals surface area contributed by atoms with Gasteiger partial charge in [-0.25, -0.2) is 4.98 Å².